The number of hydrogen-bond acceptors (Lipinski definition) is 7. The number of hydrogen-bond donors (Lipinski definition) is 3. The van der Waals surface area contributed by atoms with E-state index in [0.29, 0.717) is 11.3 Å². The topological polar surface area (TPSA) is 153 Å². The third-order valence-corrected chi connectivity index (χ3v) is 4.54. The summed E-state index contributed by atoms with van der Waals surface area (Å²) in [5.41, 5.74) is 5.10. The van der Waals surface area contributed by atoms with Gasteiger partial charge in [-0.05, 0) is 18.2 Å². The molecule has 4 N–H and O–H groups in total. The molecule has 1 aromatic carbocycles. The molecule has 2 amide bonds. The maximum Gasteiger partial charge on any atom is 0.422 e. The Morgan fingerprint density at radius 1 is 1.32 bits per heavy atom. The standard InChI is InChI=1S/C17H12F3N5O5S/c18-17(19,20)7-30-9-1-2-13(25(28)29)10(4-9)15(27)24-16-23-12(6-31-16)8-3-11(14(21)26)22-5-8/h1-6,22H,7H2,(H2,21,26)(H,23,24,27). The number of primary amides is 1. The van der Waals surface area contributed by atoms with Gasteiger partial charge in [-0.25, -0.2) is 4.98 Å². The lowest BCUT2D eigenvalue weighted by molar-refractivity contribution is -0.385. The Bertz CT molecular complexity index is 1160. The maximum absolute atomic E-state index is 12.5. The van der Waals surface area contributed by atoms with Crippen LogP contribution in [0.2, 0.25) is 0 Å². The highest BCUT2D eigenvalue weighted by Gasteiger charge is 2.29. The average Bonchev–Trinajstić information content (AvgIpc) is 3.35. The first-order valence-corrected chi connectivity index (χ1v) is 9.15. The van der Waals surface area contributed by atoms with E-state index in [9.17, 15) is 32.9 Å². The zero-order valence-corrected chi connectivity index (χ0v) is 16.0. The smallest absolute Gasteiger partial charge is 0.422 e. The highest BCUT2D eigenvalue weighted by Crippen LogP contribution is 2.29. The van der Waals surface area contributed by atoms with Gasteiger partial charge in [0.2, 0.25) is 0 Å². The summed E-state index contributed by atoms with van der Waals surface area (Å²) in [6.45, 7) is -1.62. The highest BCUT2D eigenvalue weighted by molar-refractivity contribution is 7.14. The van der Waals surface area contributed by atoms with Gasteiger partial charge in [-0.1, -0.05) is 0 Å². The van der Waals surface area contributed by atoms with Crippen LogP contribution in [0.5, 0.6) is 5.75 Å². The first-order valence-electron chi connectivity index (χ1n) is 8.27. The molecule has 3 rings (SSSR count). The fourth-order valence-corrected chi connectivity index (χ4v) is 3.14. The quantitative estimate of drug-likeness (QED) is 0.367. The van der Waals surface area contributed by atoms with Crippen molar-refractivity contribution < 1.29 is 32.4 Å². The minimum Gasteiger partial charge on any atom is -0.484 e. The van der Waals surface area contributed by atoms with E-state index in [1.165, 1.54) is 12.3 Å². The molecule has 0 saturated heterocycles. The first-order chi connectivity index (χ1) is 14.5. The van der Waals surface area contributed by atoms with Crippen LogP contribution in [0.25, 0.3) is 11.3 Å². The van der Waals surface area contributed by atoms with Gasteiger partial charge in [-0.15, -0.1) is 11.3 Å². The monoisotopic (exact) mass is 455 g/mol. The second-order valence-corrected chi connectivity index (χ2v) is 6.86. The van der Waals surface area contributed by atoms with E-state index in [4.69, 9.17) is 5.73 Å². The lowest BCUT2D eigenvalue weighted by Crippen LogP contribution is -2.20. The number of ether oxygens (including phenoxy) is 1. The number of aromatic amines is 1. The normalized spacial score (nSPS) is 11.2. The van der Waals surface area contributed by atoms with E-state index in [-0.39, 0.29) is 16.6 Å². The highest BCUT2D eigenvalue weighted by atomic mass is 32.1. The van der Waals surface area contributed by atoms with Gasteiger partial charge < -0.3 is 15.5 Å². The van der Waals surface area contributed by atoms with Gasteiger partial charge in [0.1, 0.15) is 17.0 Å². The summed E-state index contributed by atoms with van der Waals surface area (Å²) in [6.07, 6.45) is -3.14. The number of nitro groups is 1. The third-order valence-electron chi connectivity index (χ3n) is 3.78. The van der Waals surface area contributed by atoms with Crippen LogP contribution in [0.4, 0.5) is 24.0 Å². The zero-order valence-electron chi connectivity index (χ0n) is 15.2. The van der Waals surface area contributed by atoms with E-state index in [1.54, 1.807) is 5.38 Å². The third kappa shape index (κ3) is 5.36. The summed E-state index contributed by atoms with van der Waals surface area (Å²) in [5, 5.41) is 15.2. The molecule has 0 unspecified atom stereocenters. The predicted molar refractivity (Wildman–Crippen MR) is 103 cm³/mol. The number of alkyl halides is 3. The minimum absolute atomic E-state index is 0.0673. The predicted octanol–water partition coefficient (Wildman–Crippen LogP) is 3.34. The van der Waals surface area contributed by atoms with Crippen LogP contribution in [0.15, 0.2) is 35.8 Å². The summed E-state index contributed by atoms with van der Waals surface area (Å²) in [7, 11) is 0. The Kier molecular flexibility index (Phi) is 5.92. The molecule has 0 aliphatic heterocycles. The molecule has 0 radical (unpaired) electrons. The first kappa shape index (κ1) is 21.8. The number of H-pyrrole nitrogens is 1. The molecule has 2 aromatic heterocycles. The van der Waals surface area contributed by atoms with Crippen molar-refractivity contribution in [2.45, 2.75) is 6.18 Å². The summed E-state index contributed by atoms with van der Waals surface area (Å²) in [5.74, 6) is -1.99. The number of benzene rings is 1. The van der Waals surface area contributed by atoms with Gasteiger partial charge in [0.05, 0.1) is 10.6 Å². The van der Waals surface area contributed by atoms with Gasteiger partial charge in [-0.3, -0.25) is 25.0 Å². The van der Waals surface area contributed by atoms with E-state index in [2.05, 4.69) is 20.0 Å². The van der Waals surface area contributed by atoms with Crippen LogP contribution in [0.1, 0.15) is 20.8 Å². The van der Waals surface area contributed by atoms with Gasteiger partial charge in [-0.2, -0.15) is 13.2 Å². The van der Waals surface area contributed by atoms with Crippen molar-refractivity contribution in [2.24, 2.45) is 5.73 Å². The molecule has 0 fully saturated rings. The SMILES string of the molecule is NC(=O)c1cc(-c2csc(NC(=O)c3cc(OCC(F)(F)F)ccc3[N+](=O)[O-])n2)c[nH]1. The number of nitrogens with two attached hydrogens (primary N) is 1. The molecule has 2 heterocycles. The number of carbonyl (C=O) groups excluding carboxylic acids is 2. The van der Waals surface area contributed by atoms with Crippen molar-refractivity contribution in [2.75, 3.05) is 11.9 Å². The van der Waals surface area contributed by atoms with Crippen molar-refractivity contribution in [3.05, 3.63) is 57.2 Å². The molecule has 0 bridgehead atoms. The van der Waals surface area contributed by atoms with Gasteiger partial charge in [0.25, 0.3) is 17.5 Å². The Balaban J connectivity index is 1.81. The number of anilines is 1. The Morgan fingerprint density at radius 2 is 2.06 bits per heavy atom. The van der Waals surface area contributed by atoms with Crippen molar-refractivity contribution >= 4 is 34.0 Å². The van der Waals surface area contributed by atoms with E-state index in [0.717, 1.165) is 29.5 Å². The molecule has 3 aromatic rings. The number of thiazole rings is 1. The Hall–Kier alpha value is -3.94. The lowest BCUT2D eigenvalue weighted by Gasteiger charge is -2.10. The Labute approximate surface area is 175 Å². The number of nitrogens with zero attached hydrogens (tertiary/aromatic N) is 2. The van der Waals surface area contributed by atoms with Crippen LogP contribution < -0.4 is 15.8 Å². The van der Waals surface area contributed by atoms with E-state index in [1.807, 2.05) is 0 Å². The molecule has 14 heteroatoms. The molecule has 31 heavy (non-hydrogen) atoms. The van der Waals surface area contributed by atoms with Gasteiger partial charge >= 0.3 is 6.18 Å². The van der Waals surface area contributed by atoms with E-state index >= 15 is 0 Å². The summed E-state index contributed by atoms with van der Waals surface area (Å²) in [4.78, 5) is 40.9. The number of rotatable bonds is 7. The Morgan fingerprint density at radius 3 is 2.68 bits per heavy atom. The molecule has 162 valence electrons. The second kappa shape index (κ2) is 8.43. The number of aromatic nitrogens is 2. The zero-order chi connectivity index (χ0) is 22.8. The fraction of sp³-hybridized carbons (Fsp3) is 0.118. The maximum atomic E-state index is 12.5. The molecular formula is C17H12F3N5O5S. The minimum atomic E-state index is -4.62. The number of carbonyl (C=O) groups is 2. The molecule has 0 spiro atoms. The van der Waals surface area contributed by atoms with Crippen LogP contribution in [0, 0.1) is 10.1 Å². The van der Waals surface area contributed by atoms with Crippen molar-refractivity contribution in [3.63, 3.8) is 0 Å². The average molecular weight is 455 g/mol. The number of nitrogens with one attached hydrogen (secondary N) is 2. The largest absolute Gasteiger partial charge is 0.484 e. The second-order valence-electron chi connectivity index (χ2n) is 6.00. The molecule has 0 aliphatic rings. The van der Waals surface area contributed by atoms with Gasteiger partial charge in [0.15, 0.2) is 11.7 Å². The van der Waals surface area contributed by atoms with E-state index < -0.39 is 40.8 Å². The molecule has 10 nitrogen and oxygen atoms in total. The molecule has 0 atom stereocenters. The fourth-order valence-electron chi connectivity index (χ4n) is 2.42. The summed E-state index contributed by atoms with van der Waals surface area (Å²) >= 11 is 0.994. The van der Waals surface area contributed by atoms with Gasteiger partial charge in [0, 0.05) is 23.2 Å². The van der Waals surface area contributed by atoms with Crippen molar-refractivity contribution in [3.8, 4) is 17.0 Å². The van der Waals surface area contributed by atoms with Crippen LogP contribution in [-0.4, -0.2) is 39.5 Å². The number of halogens is 3. The van der Waals surface area contributed by atoms with Crippen LogP contribution in [-0.2, 0) is 0 Å². The van der Waals surface area contributed by atoms with Crippen molar-refractivity contribution in [1.29, 1.82) is 0 Å². The van der Waals surface area contributed by atoms with Crippen LogP contribution >= 0.6 is 11.3 Å². The summed E-state index contributed by atoms with van der Waals surface area (Å²) < 4.78 is 41.6. The molecular weight excluding hydrogens is 443 g/mol. The van der Waals surface area contributed by atoms with Crippen molar-refractivity contribution in [1.82, 2.24) is 9.97 Å². The molecule has 0 aliphatic carbocycles. The lowest BCUT2D eigenvalue weighted by atomic mass is 10.1. The number of amides is 2. The number of nitro benzene ring substituents is 1. The summed E-state index contributed by atoms with van der Waals surface area (Å²) in [6, 6.07) is 4.14. The van der Waals surface area contributed by atoms with Crippen LogP contribution in [0.3, 0.4) is 0 Å². The molecule has 0 saturated carbocycles.